The van der Waals surface area contributed by atoms with Crippen LogP contribution in [0.5, 0.6) is 11.5 Å². The van der Waals surface area contributed by atoms with Crippen LogP contribution in [0.15, 0.2) is 36.4 Å². The lowest BCUT2D eigenvalue weighted by Gasteiger charge is -2.27. The lowest BCUT2D eigenvalue weighted by atomic mass is 10.1. The molecule has 2 aromatic carbocycles. The van der Waals surface area contributed by atoms with Gasteiger partial charge in [-0.05, 0) is 0 Å². The van der Waals surface area contributed by atoms with Crippen LogP contribution in [0.3, 0.4) is 0 Å². The molecule has 174 valence electrons. The molecule has 10 nitrogen and oxygen atoms in total. The maximum Gasteiger partial charge on any atom is 0.317 e. The predicted octanol–water partition coefficient (Wildman–Crippen LogP) is 0.602. The largest absolute Gasteiger partial charge is 0.507 e. The monoisotopic (exact) mass is 448 g/mol. The molecule has 0 atom stereocenters. The molecule has 2 rings (SSSR count). The SMILES string of the molecule is O=COCN(CCN(CC(=O)O)Cc1cccc(CO)c1O)Cc1cccc(CO)c1O. The van der Waals surface area contributed by atoms with E-state index in [4.69, 9.17) is 4.74 Å². The van der Waals surface area contributed by atoms with Crippen LogP contribution in [0.2, 0.25) is 0 Å². The first-order valence-electron chi connectivity index (χ1n) is 9.92. The van der Waals surface area contributed by atoms with Gasteiger partial charge in [0.25, 0.3) is 6.47 Å². The molecule has 10 heteroatoms. The normalized spacial score (nSPS) is 11.1. The van der Waals surface area contributed by atoms with Crippen molar-refractivity contribution in [3.8, 4) is 11.5 Å². The van der Waals surface area contributed by atoms with E-state index in [-0.39, 0.29) is 64.2 Å². The minimum absolute atomic E-state index is 0.0563. The van der Waals surface area contributed by atoms with Gasteiger partial charge in [-0.15, -0.1) is 0 Å². The number of nitrogens with zero attached hydrogens (tertiary/aromatic N) is 2. The lowest BCUT2D eigenvalue weighted by Crippen LogP contribution is -2.38. The predicted molar refractivity (Wildman–Crippen MR) is 113 cm³/mol. The second-order valence-corrected chi connectivity index (χ2v) is 7.21. The van der Waals surface area contributed by atoms with Gasteiger partial charge in [-0.2, -0.15) is 0 Å². The van der Waals surface area contributed by atoms with E-state index in [1.165, 1.54) is 0 Å². The molecule has 0 saturated heterocycles. The van der Waals surface area contributed by atoms with Crippen molar-refractivity contribution in [3.63, 3.8) is 0 Å². The van der Waals surface area contributed by atoms with Crippen molar-refractivity contribution >= 4 is 12.4 Å². The highest BCUT2D eigenvalue weighted by molar-refractivity contribution is 5.69. The fraction of sp³-hybridized carbons (Fsp3) is 0.364. The number of rotatable bonds is 14. The smallest absolute Gasteiger partial charge is 0.317 e. The molecular formula is C22H28N2O8. The van der Waals surface area contributed by atoms with E-state index in [2.05, 4.69) is 0 Å². The Morgan fingerprint density at radius 3 is 1.78 bits per heavy atom. The first kappa shape index (κ1) is 25.1. The first-order chi connectivity index (χ1) is 15.4. The molecular weight excluding hydrogens is 420 g/mol. The number of aliphatic hydroxyl groups excluding tert-OH is 2. The number of ether oxygens (including phenoxy) is 1. The number of benzene rings is 2. The maximum absolute atomic E-state index is 11.3. The molecule has 0 spiro atoms. The van der Waals surface area contributed by atoms with Crippen molar-refractivity contribution in [3.05, 3.63) is 58.7 Å². The third-order valence-electron chi connectivity index (χ3n) is 4.95. The molecule has 0 heterocycles. The minimum atomic E-state index is -1.05. The quantitative estimate of drug-likeness (QED) is 0.205. The Hall–Kier alpha value is -3.18. The number of carbonyl (C=O) groups is 2. The van der Waals surface area contributed by atoms with Crippen LogP contribution >= 0.6 is 0 Å². The third kappa shape index (κ3) is 7.20. The van der Waals surface area contributed by atoms with Crippen molar-refractivity contribution < 1.29 is 39.9 Å². The van der Waals surface area contributed by atoms with E-state index in [0.717, 1.165) is 0 Å². The van der Waals surface area contributed by atoms with Crippen molar-refractivity contribution in [2.75, 3.05) is 26.4 Å². The molecule has 0 unspecified atom stereocenters. The van der Waals surface area contributed by atoms with Crippen molar-refractivity contribution in [1.82, 2.24) is 9.80 Å². The Balaban J connectivity index is 2.14. The van der Waals surface area contributed by atoms with Gasteiger partial charge in [0.15, 0.2) is 0 Å². The van der Waals surface area contributed by atoms with E-state index >= 15 is 0 Å². The molecule has 0 radical (unpaired) electrons. The van der Waals surface area contributed by atoms with E-state index in [9.17, 15) is 35.1 Å². The number of hydrogen-bond acceptors (Lipinski definition) is 9. The van der Waals surface area contributed by atoms with Crippen LogP contribution in [0.1, 0.15) is 22.3 Å². The Kier molecular flexibility index (Phi) is 9.89. The summed E-state index contributed by atoms with van der Waals surface area (Å²) in [4.78, 5) is 25.3. The van der Waals surface area contributed by atoms with Gasteiger partial charge in [0.05, 0.1) is 19.8 Å². The topological polar surface area (TPSA) is 151 Å². The minimum Gasteiger partial charge on any atom is -0.507 e. The van der Waals surface area contributed by atoms with Gasteiger partial charge < -0.3 is 30.3 Å². The Morgan fingerprint density at radius 2 is 1.31 bits per heavy atom. The average molecular weight is 448 g/mol. The number of aliphatic hydroxyl groups is 2. The number of carboxylic acid groups (broad SMARTS) is 1. The fourth-order valence-corrected chi connectivity index (χ4v) is 3.29. The molecule has 2 aromatic rings. The molecule has 0 saturated carbocycles. The molecule has 0 aliphatic carbocycles. The van der Waals surface area contributed by atoms with Gasteiger partial charge >= 0.3 is 5.97 Å². The highest BCUT2D eigenvalue weighted by Crippen LogP contribution is 2.25. The number of hydrogen-bond donors (Lipinski definition) is 5. The van der Waals surface area contributed by atoms with Crippen LogP contribution in [0.4, 0.5) is 0 Å². The van der Waals surface area contributed by atoms with Gasteiger partial charge in [-0.1, -0.05) is 36.4 Å². The summed E-state index contributed by atoms with van der Waals surface area (Å²) >= 11 is 0. The van der Waals surface area contributed by atoms with E-state index in [1.54, 1.807) is 46.2 Å². The summed E-state index contributed by atoms with van der Waals surface area (Å²) in [6, 6.07) is 9.84. The molecule has 32 heavy (non-hydrogen) atoms. The van der Waals surface area contributed by atoms with Crippen LogP contribution in [-0.4, -0.2) is 74.1 Å². The van der Waals surface area contributed by atoms with Crippen molar-refractivity contribution in [2.45, 2.75) is 26.3 Å². The number of aliphatic carboxylic acids is 1. The van der Waals surface area contributed by atoms with Gasteiger partial charge in [0, 0.05) is 48.4 Å². The average Bonchev–Trinajstić information content (AvgIpc) is 2.77. The van der Waals surface area contributed by atoms with E-state index in [1.807, 2.05) is 0 Å². The van der Waals surface area contributed by atoms with Crippen molar-refractivity contribution in [1.29, 1.82) is 0 Å². The van der Waals surface area contributed by atoms with E-state index < -0.39 is 5.97 Å². The zero-order valence-electron chi connectivity index (χ0n) is 17.6. The number of carbonyl (C=O) groups excluding carboxylic acids is 1. The Bertz CT molecular complexity index is 905. The molecule has 0 amide bonds. The lowest BCUT2D eigenvalue weighted by molar-refractivity contribution is -0.138. The first-order valence-corrected chi connectivity index (χ1v) is 9.92. The second kappa shape index (κ2) is 12.6. The number of aromatic hydroxyl groups is 2. The standard InChI is InChI=1S/C22H28N2O8/c25-12-18-5-1-3-16(21(18)30)9-23(11-20(28)29)7-8-24(14-32-15-27)10-17-4-2-6-19(13-26)22(17)31/h1-6,15,25-26,30-31H,7-14H2,(H,28,29). The molecule has 0 bridgehead atoms. The number of carboxylic acids is 1. The van der Waals surface area contributed by atoms with Crippen LogP contribution in [0.25, 0.3) is 0 Å². The molecule has 0 aliphatic rings. The summed E-state index contributed by atoms with van der Waals surface area (Å²) in [5, 5.41) is 48.5. The van der Waals surface area contributed by atoms with Crippen LogP contribution in [0, 0.1) is 0 Å². The van der Waals surface area contributed by atoms with Gasteiger partial charge in [-0.25, -0.2) is 0 Å². The Morgan fingerprint density at radius 1 is 0.844 bits per heavy atom. The zero-order chi connectivity index (χ0) is 23.5. The summed E-state index contributed by atoms with van der Waals surface area (Å²) in [6.07, 6.45) is 0. The summed E-state index contributed by atoms with van der Waals surface area (Å²) in [6.45, 7) is 0.0970. The van der Waals surface area contributed by atoms with Gasteiger partial charge in [0.2, 0.25) is 0 Å². The molecule has 0 aromatic heterocycles. The summed E-state index contributed by atoms with van der Waals surface area (Å²) < 4.78 is 4.86. The van der Waals surface area contributed by atoms with Gasteiger partial charge in [-0.3, -0.25) is 19.4 Å². The molecule has 0 aliphatic heterocycles. The number of phenols is 2. The fourth-order valence-electron chi connectivity index (χ4n) is 3.29. The number of para-hydroxylation sites is 2. The maximum atomic E-state index is 11.3. The summed E-state index contributed by atoms with van der Waals surface area (Å²) in [5.74, 6) is -1.19. The van der Waals surface area contributed by atoms with Gasteiger partial charge in [0.1, 0.15) is 18.2 Å². The highest BCUT2D eigenvalue weighted by Gasteiger charge is 2.17. The third-order valence-corrected chi connectivity index (χ3v) is 4.95. The molecule has 5 N–H and O–H groups in total. The summed E-state index contributed by atoms with van der Waals surface area (Å²) in [5.41, 5.74) is 1.70. The van der Waals surface area contributed by atoms with Crippen LogP contribution in [-0.2, 0) is 40.6 Å². The van der Waals surface area contributed by atoms with Crippen LogP contribution < -0.4 is 0 Å². The van der Waals surface area contributed by atoms with E-state index in [0.29, 0.717) is 28.7 Å². The Labute approximate surface area is 185 Å². The molecule has 0 fully saturated rings. The summed E-state index contributed by atoms with van der Waals surface area (Å²) in [7, 11) is 0. The van der Waals surface area contributed by atoms with Crippen molar-refractivity contribution in [2.24, 2.45) is 0 Å². The second-order valence-electron chi connectivity index (χ2n) is 7.21. The zero-order valence-corrected chi connectivity index (χ0v) is 17.6. The highest BCUT2D eigenvalue weighted by atomic mass is 16.5.